The molecule has 0 aromatic carbocycles. The monoisotopic (exact) mass is 376 g/mol. The third kappa shape index (κ3) is 28.2. The summed E-state index contributed by atoms with van der Waals surface area (Å²) in [5.74, 6) is -5.50. The van der Waals surface area contributed by atoms with Crippen LogP contribution in [0.4, 0.5) is 0 Å². The van der Waals surface area contributed by atoms with Crippen LogP contribution >= 0.6 is 0 Å². The molecule has 0 aliphatic rings. The van der Waals surface area contributed by atoms with Crippen LogP contribution in [0.3, 0.4) is 0 Å². The molecule has 0 aliphatic heterocycles. The van der Waals surface area contributed by atoms with E-state index in [1.54, 1.807) is 0 Å². The van der Waals surface area contributed by atoms with E-state index in [4.69, 9.17) is 11.5 Å². The number of carbonyl (C=O) groups excluding carboxylic acids is 4. The van der Waals surface area contributed by atoms with Gasteiger partial charge in [0.1, 0.15) is 0 Å². The fourth-order valence-corrected chi connectivity index (χ4v) is 0.782. The third-order valence-corrected chi connectivity index (χ3v) is 1.92. The van der Waals surface area contributed by atoms with E-state index < -0.39 is 36.0 Å². The van der Waals surface area contributed by atoms with Gasteiger partial charge < -0.3 is 51.1 Å². The van der Waals surface area contributed by atoms with Crippen LogP contribution < -0.4 is 91.0 Å². The van der Waals surface area contributed by atoms with Gasteiger partial charge in [-0.15, -0.1) is 0 Å². The first kappa shape index (κ1) is 35.2. The average molecular weight is 376 g/mol. The molecule has 2 atom stereocenters. The minimum Gasteiger partial charge on any atom is -0.550 e. The van der Waals surface area contributed by atoms with E-state index in [-0.39, 0.29) is 123 Å². The smallest absolute Gasteiger partial charge is 0.550 e. The molecule has 23 heavy (non-hydrogen) atoms. The number of hydrogen-bond acceptors (Lipinski definition) is 10. The first-order chi connectivity index (χ1) is 9.07. The van der Waals surface area contributed by atoms with Crippen molar-refractivity contribution in [2.75, 3.05) is 0 Å². The average Bonchev–Trinajstić information content (AvgIpc) is 2.33. The summed E-state index contributed by atoms with van der Waals surface area (Å²) in [4.78, 5) is 39.2. The molecule has 4 N–H and O–H groups in total. The number of aliphatic carboxylic acids is 4. The van der Waals surface area contributed by atoms with Gasteiger partial charge in [-0.1, -0.05) is 0 Å². The zero-order chi connectivity index (χ0) is 16.3. The summed E-state index contributed by atoms with van der Waals surface area (Å²) < 4.78 is 0. The van der Waals surface area contributed by atoms with Crippen LogP contribution in [0.1, 0.15) is 25.7 Å². The standard InChI is InChI=1S/2C5H9NO4.Ca.2Na/c2*6-3(5(9)10)1-2-4(7)8;;;/h2*3H,1-2,6H2,(H,7,8)(H,9,10);;;/q;;+2;2*+1/p-4. The van der Waals surface area contributed by atoms with Crippen LogP contribution in [0, 0.1) is 0 Å². The number of nitrogens with two attached hydrogens (primary N) is 2. The van der Waals surface area contributed by atoms with Gasteiger partial charge in [0.25, 0.3) is 0 Å². The Morgan fingerprint density at radius 1 is 0.696 bits per heavy atom. The van der Waals surface area contributed by atoms with Crippen molar-refractivity contribution in [3.05, 3.63) is 0 Å². The van der Waals surface area contributed by atoms with Crippen LogP contribution in [-0.2, 0) is 19.2 Å². The predicted octanol–water partition coefficient (Wildman–Crippen LogP) is -13.2. The minimum absolute atomic E-state index is 0. The predicted molar refractivity (Wildman–Crippen MR) is 60.2 cm³/mol. The largest absolute Gasteiger partial charge is 2.00 e. The summed E-state index contributed by atoms with van der Waals surface area (Å²) in [6.07, 6.45) is -1.00. The normalized spacial score (nSPS) is 10.9. The molecule has 10 nitrogen and oxygen atoms in total. The van der Waals surface area contributed by atoms with E-state index in [1.807, 2.05) is 0 Å². The van der Waals surface area contributed by atoms with Crippen LogP contribution in [-0.4, -0.2) is 73.7 Å². The molecule has 0 heterocycles. The Hall–Kier alpha value is 1.06. The topological polar surface area (TPSA) is 213 Å². The molecule has 0 fully saturated rings. The fraction of sp³-hybridized carbons (Fsp3) is 0.600. The van der Waals surface area contributed by atoms with E-state index in [2.05, 4.69) is 0 Å². The maximum Gasteiger partial charge on any atom is 2.00 e. The second-order valence-corrected chi connectivity index (χ2v) is 3.67. The van der Waals surface area contributed by atoms with Gasteiger partial charge in [-0.05, 0) is 25.7 Å². The molecule has 0 spiro atoms. The van der Waals surface area contributed by atoms with Crippen LogP contribution in [0.2, 0.25) is 0 Å². The second-order valence-electron chi connectivity index (χ2n) is 3.67. The van der Waals surface area contributed by atoms with E-state index >= 15 is 0 Å². The van der Waals surface area contributed by atoms with Gasteiger partial charge in [0.05, 0.1) is 11.9 Å². The Morgan fingerprint density at radius 3 is 1.04 bits per heavy atom. The minimum atomic E-state index is -1.44. The maximum atomic E-state index is 9.86. The number of rotatable bonds is 8. The van der Waals surface area contributed by atoms with Crippen molar-refractivity contribution in [3.8, 4) is 0 Å². The summed E-state index contributed by atoms with van der Waals surface area (Å²) in [5.41, 5.74) is 9.82. The molecule has 0 aliphatic carbocycles. The van der Waals surface area contributed by atoms with E-state index in [0.29, 0.717) is 0 Å². The van der Waals surface area contributed by atoms with Crippen molar-refractivity contribution < 1.29 is 98.7 Å². The van der Waals surface area contributed by atoms with Gasteiger partial charge in [0.2, 0.25) is 0 Å². The Morgan fingerprint density at radius 2 is 0.913 bits per heavy atom. The molecule has 0 bridgehead atoms. The Balaban J connectivity index is -0.0000000831. The molecule has 2 unspecified atom stereocenters. The molecular formula is C10H14CaN2Na2O8. The van der Waals surface area contributed by atoms with Gasteiger partial charge in [-0.2, -0.15) is 0 Å². The summed E-state index contributed by atoms with van der Waals surface area (Å²) in [5, 5.41) is 39.2. The Bertz CT molecular complexity index is 339. The molecule has 13 heteroatoms. The zero-order valence-corrected chi connectivity index (χ0v) is 19.3. The van der Waals surface area contributed by atoms with Crippen molar-refractivity contribution in [2.45, 2.75) is 37.8 Å². The first-order valence-corrected chi connectivity index (χ1v) is 5.40. The van der Waals surface area contributed by atoms with Crippen molar-refractivity contribution in [1.82, 2.24) is 0 Å². The van der Waals surface area contributed by atoms with Gasteiger partial charge >= 0.3 is 96.9 Å². The third-order valence-electron chi connectivity index (χ3n) is 1.92. The van der Waals surface area contributed by atoms with Gasteiger partial charge in [-0.25, -0.2) is 0 Å². The van der Waals surface area contributed by atoms with Crippen molar-refractivity contribution >= 4 is 61.6 Å². The van der Waals surface area contributed by atoms with Crippen molar-refractivity contribution in [1.29, 1.82) is 0 Å². The number of hydrogen-bond donors (Lipinski definition) is 2. The Labute approximate surface area is 206 Å². The molecule has 0 saturated heterocycles. The van der Waals surface area contributed by atoms with Crippen molar-refractivity contribution in [2.24, 2.45) is 11.5 Å². The van der Waals surface area contributed by atoms with Gasteiger partial charge in [0, 0.05) is 24.0 Å². The molecule has 0 aromatic heterocycles. The maximum absolute atomic E-state index is 9.86. The van der Waals surface area contributed by atoms with Crippen molar-refractivity contribution in [3.63, 3.8) is 0 Å². The summed E-state index contributed by atoms with van der Waals surface area (Å²) in [7, 11) is 0. The number of carboxylic acid groups (broad SMARTS) is 4. The summed E-state index contributed by atoms with van der Waals surface area (Å²) >= 11 is 0. The van der Waals surface area contributed by atoms with E-state index in [0.717, 1.165) is 0 Å². The summed E-state index contributed by atoms with van der Waals surface area (Å²) in [6.45, 7) is 0. The SMILES string of the molecule is NC(CCC(=O)[O-])C(=O)[O-].NC(CCC(=O)[O-])C(=O)[O-].[Ca+2].[Na+].[Na+]. The van der Waals surface area contributed by atoms with E-state index in [1.165, 1.54) is 0 Å². The van der Waals surface area contributed by atoms with Gasteiger partial charge in [-0.3, -0.25) is 0 Å². The van der Waals surface area contributed by atoms with Crippen LogP contribution in [0.25, 0.3) is 0 Å². The number of carboxylic acids is 4. The molecule has 0 aromatic rings. The van der Waals surface area contributed by atoms with Crippen LogP contribution in [0.15, 0.2) is 0 Å². The van der Waals surface area contributed by atoms with Gasteiger partial charge in [0.15, 0.2) is 0 Å². The first-order valence-electron chi connectivity index (χ1n) is 5.40. The quantitative estimate of drug-likeness (QED) is 0.381. The molecule has 116 valence electrons. The zero-order valence-electron chi connectivity index (χ0n) is 13.1. The number of carbonyl (C=O) groups is 4. The second kappa shape index (κ2) is 21.1. The molecule has 0 rings (SSSR count). The molecule has 0 radical (unpaired) electrons. The van der Waals surface area contributed by atoms with E-state index in [9.17, 15) is 39.6 Å². The van der Waals surface area contributed by atoms with Crippen LogP contribution in [0.5, 0.6) is 0 Å². The molecule has 0 saturated carbocycles. The molecule has 0 amide bonds. The Kier molecular flexibility index (Phi) is 32.3. The summed E-state index contributed by atoms with van der Waals surface area (Å²) in [6, 6.07) is -2.42. The molecular weight excluding hydrogens is 362 g/mol. The fourth-order valence-electron chi connectivity index (χ4n) is 0.782.